The van der Waals surface area contributed by atoms with Crippen LogP contribution in [0.25, 0.3) is 0 Å². The average molecular weight is 281 g/mol. The molecule has 1 saturated heterocycles. The summed E-state index contributed by atoms with van der Waals surface area (Å²) < 4.78 is 0. The summed E-state index contributed by atoms with van der Waals surface area (Å²) in [6.07, 6.45) is 1.67. The number of nitrogens with zero attached hydrogens (tertiary/aromatic N) is 2. The lowest BCUT2D eigenvalue weighted by molar-refractivity contribution is -0.140. The van der Waals surface area contributed by atoms with E-state index in [9.17, 15) is 9.59 Å². The quantitative estimate of drug-likeness (QED) is 0.865. The number of carbonyl (C=O) groups excluding carboxylic acids is 1. The van der Waals surface area contributed by atoms with Gasteiger partial charge in [-0.15, -0.1) is 11.8 Å². The van der Waals surface area contributed by atoms with E-state index < -0.39 is 12.0 Å². The molecule has 1 aromatic rings. The number of carboxylic acid groups (broad SMARTS) is 1. The van der Waals surface area contributed by atoms with Gasteiger partial charge in [0.1, 0.15) is 6.04 Å². The molecule has 1 unspecified atom stereocenters. The normalized spacial score (nSPS) is 18.4. The van der Waals surface area contributed by atoms with Gasteiger partial charge in [0.25, 0.3) is 0 Å². The first-order chi connectivity index (χ1) is 9.09. The van der Waals surface area contributed by atoms with E-state index >= 15 is 0 Å². The smallest absolute Gasteiger partial charge is 0.327 e. The minimum Gasteiger partial charge on any atom is -0.480 e. The van der Waals surface area contributed by atoms with Crippen molar-refractivity contribution >= 4 is 23.8 Å². The van der Waals surface area contributed by atoms with Crippen LogP contribution in [0.5, 0.6) is 0 Å². The van der Waals surface area contributed by atoms with Crippen LogP contribution in [0.1, 0.15) is 11.3 Å². The molecule has 7 heteroatoms. The highest BCUT2D eigenvalue weighted by Gasteiger charge is 2.34. The van der Waals surface area contributed by atoms with Gasteiger partial charge in [0, 0.05) is 11.9 Å². The Morgan fingerprint density at radius 3 is 3.11 bits per heavy atom. The number of carbonyl (C=O) groups is 2. The number of aliphatic carboxylic acids is 1. The summed E-state index contributed by atoms with van der Waals surface area (Å²) in [5.74, 6) is -0.121. The standard InChI is InChI=1S/C12H15N3O3S/c1-8-3-2-4-13-9(8)5-14-12(18)15-7-19-6-10(15)11(16)17/h2-4,10H,5-7H2,1H3,(H,14,18)(H,16,17). The monoisotopic (exact) mass is 281 g/mol. The van der Waals surface area contributed by atoms with Crippen LogP contribution in [0.2, 0.25) is 0 Å². The molecular weight excluding hydrogens is 266 g/mol. The summed E-state index contributed by atoms with van der Waals surface area (Å²) in [5.41, 5.74) is 1.78. The first-order valence-corrected chi connectivity index (χ1v) is 7.00. The van der Waals surface area contributed by atoms with Crippen LogP contribution < -0.4 is 5.32 Å². The molecule has 1 fully saturated rings. The van der Waals surface area contributed by atoms with Crippen LogP contribution in [0.3, 0.4) is 0 Å². The zero-order valence-corrected chi connectivity index (χ0v) is 11.3. The molecule has 2 amide bonds. The van der Waals surface area contributed by atoms with Crippen molar-refractivity contribution in [1.82, 2.24) is 15.2 Å². The van der Waals surface area contributed by atoms with Gasteiger partial charge in [0.2, 0.25) is 0 Å². The van der Waals surface area contributed by atoms with Crippen LogP contribution in [0.4, 0.5) is 4.79 Å². The van der Waals surface area contributed by atoms with E-state index in [2.05, 4.69) is 10.3 Å². The van der Waals surface area contributed by atoms with E-state index in [1.165, 1.54) is 16.7 Å². The van der Waals surface area contributed by atoms with Gasteiger partial charge < -0.3 is 15.3 Å². The predicted octanol–water partition coefficient (Wildman–Crippen LogP) is 1.06. The Morgan fingerprint density at radius 1 is 1.63 bits per heavy atom. The molecule has 0 saturated carbocycles. The largest absolute Gasteiger partial charge is 0.480 e. The first-order valence-electron chi connectivity index (χ1n) is 5.85. The van der Waals surface area contributed by atoms with Crippen molar-refractivity contribution in [1.29, 1.82) is 0 Å². The minimum atomic E-state index is -0.964. The Hall–Kier alpha value is -1.76. The summed E-state index contributed by atoms with van der Waals surface area (Å²) in [6, 6.07) is 2.65. The molecule has 102 valence electrons. The van der Waals surface area contributed by atoms with E-state index in [0.717, 1.165) is 11.3 Å². The topological polar surface area (TPSA) is 82.5 Å². The molecule has 0 aromatic carbocycles. The summed E-state index contributed by atoms with van der Waals surface area (Å²) in [5, 5.41) is 11.7. The lowest BCUT2D eigenvalue weighted by Crippen LogP contribution is -2.46. The number of amides is 2. The maximum absolute atomic E-state index is 12.0. The molecule has 0 aliphatic carbocycles. The van der Waals surface area contributed by atoms with Gasteiger partial charge in [-0.2, -0.15) is 0 Å². The maximum atomic E-state index is 12.0. The fourth-order valence-electron chi connectivity index (χ4n) is 1.81. The van der Waals surface area contributed by atoms with Gasteiger partial charge in [-0.25, -0.2) is 9.59 Å². The highest BCUT2D eigenvalue weighted by atomic mass is 32.2. The number of hydrogen-bond acceptors (Lipinski definition) is 4. The maximum Gasteiger partial charge on any atom is 0.327 e. The average Bonchev–Trinajstić information content (AvgIpc) is 2.87. The highest BCUT2D eigenvalue weighted by Crippen LogP contribution is 2.20. The molecule has 2 heterocycles. The molecule has 0 bridgehead atoms. The van der Waals surface area contributed by atoms with Gasteiger partial charge in [-0.1, -0.05) is 6.07 Å². The number of carboxylic acids is 1. The summed E-state index contributed by atoms with van der Waals surface area (Å²) in [7, 11) is 0. The van der Waals surface area contributed by atoms with E-state index in [-0.39, 0.29) is 6.03 Å². The number of hydrogen-bond donors (Lipinski definition) is 2. The molecule has 1 aliphatic rings. The second-order valence-corrected chi connectivity index (χ2v) is 5.25. The van der Waals surface area contributed by atoms with Crippen LogP contribution >= 0.6 is 11.8 Å². The summed E-state index contributed by atoms with van der Waals surface area (Å²) in [6.45, 7) is 2.22. The Labute approximate surface area is 115 Å². The number of urea groups is 1. The van der Waals surface area contributed by atoms with Gasteiger partial charge in [0.05, 0.1) is 18.1 Å². The van der Waals surface area contributed by atoms with Crippen molar-refractivity contribution in [3.63, 3.8) is 0 Å². The number of nitrogens with one attached hydrogen (secondary N) is 1. The van der Waals surface area contributed by atoms with E-state index in [1.54, 1.807) is 6.20 Å². The zero-order valence-electron chi connectivity index (χ0n) is 10.5. The predicted molar refractivity (Wildman–Crippen MR) is 71.8 cm³/mol. The first kappa shape index (κ1) is 13.7. The Kier molecular flexibility index (Phi) is 4.26. The minimum absolute atomic E-state index is 0.305. The zero-order chi connectivity index (χ0) is 13.8. The fourth-order valence-corrected chi connectivity index (χ4v) is 2.96. The molecule has 1 atom stereocenters. The van der Waals surface area contributed by atoms with Crippen molar-refractivity contribution in [3.05, 3.63) is 29.6 Å². The second kappa shape index (κ2) is 5.92. The Balaban J connectivity index is 1.95. The number of aromatic nitrogens is 1. The van der Waals surface area contributed by atoms with Crippen molar-refractivity contribution < 1.29 is 14.7 Å². The van der Waals surface area contributed by atoms with E-state index in [0.29, 0.717) is 18.2 Å². The molecule has 1 aromatic heterocycles. The third-order valence-electron chi connectivity index (χ3n) is 2.95. The second-order valence-electron chi connectivity index (χ2n) is 4.25. The van der Waals surface area contributed by atoms with E-state index in [4.69, 9.17) is 5.11 Å². The molecule has 6 nitrogen and oxygen atoms in total. The molecule has 19 heavy (non-hydrogen) atoms. The third-order valence-corrected chi connectivity index (χ3v) is 3.97. The van der Waals surface area contributed by atoms with Gasteiger partial charge in [0.15, 0.2) is 0 Å². The van der Waals surface area contributed by atoms with Crippen molar-refractivity contribution in [2.24, 2.45) is 0 Å². The fraction of sp³-hybridized carbons (Fsp3) is 0.417. The number of pyridine rings is 1. The van der Waals surface area contributed by atoms with Crippen LogP contribution in [-0.2, 0) is 11.3 Å². The SMILES string of the molecule is Cc1cccnc1CNC(=O)N1CSCC1C(=O)O. The highest BCUT2D eigenvalue weighted by molar-refractivity contribution is 7.99. The molecule has 0 spiro atoms. The molecule has 2 N–H and O–H groups in total. The van der Waals surface area contributed by atoms with Crippen molar-refractivity contribution in [3.8, 4) is 0 Å². The molecule has 2 rings (SSSR count). The van der Waals surface area contributed by atoms with Crippen LogP contribution in [0, 0.1) is 6.92 Å². The number of aryl methyl sites for hydroxylation is 1. The van der Waals surface area contributed by atoms with Gasteiger partial charge >= 0.3 is 12.0 Å². The summed E-state index contributed by atoms with van der Waals surface area (Å²) in [4.78, 5) is 28.5. The van der Waals surface area contributed by atoms with Crippen molar-refractivity contribution in [2.45, 2.75) is 19.5 Å². The van der Waals surface area contributed by atoms with Gasteiger partial charge in [-0.3, -0.25) is 4.98 Å². The van der Waals surface area contributed by atoms with Crippen LogP contribution in [0.15, 0.2) is 18.3 Å². The molecular formula is C12H15N3O3S. The number of rotatable bonds is 3. The molecule has 0 radical (unpaired) electrons. The lowest BCUT2D eigenvalue weighted by atomic mass is 10.2. The van der Waals surface area contributed by atoms with Crippen molar-refractivity contribution in [2.75, 3.05) is 11.6 Å². The summed E-state index contributed by atoms with van der Waals surface area (Å²) >= 11 is 1.44. The van der Waals surface area contributed by atoms with E-state index in [1.807, 2.05) is 19.1 Å². The Bertz CT molecular complexity index is 495. The lowest BCUT2D eigenvalue weighted by Gasteiger charge is -2.20. The van der Waals surface area contributed by atoms with Crippen LogP contribution in [-0.4, -0.2) is 44.7 Å². The number of thioether (sulfide) groups is 1. The van der Waals surface area contributed by atoms with Gasteiger partial charge in [-0.05, 0) is 18.6 Å². The Morgan fingerprint density at radius 2 is 2.42 bits per heavy atom. The third kappa shape index (κ3) is 3.17. The molecule has 1 aliphatic heterocycles.